The molecule has 2 unspecified atom stereocenters. The second kappa shape index (κ2) is 6.63. The van der Waals surface area contributed by atoms with Gasteiger partial charge in [-0.05, 0) is 18.8 Å². The van der Waals surface area contributed by atoms with Crippen molar-refractivity contribution in [3.63, 3.8) is 0 Å². The Morgan fingerprint density at radius 2 is 1.64 bits per heavy atom. The molecule has 0 heterocycles. The van der Waals surface area contributed by atoms with Crippen molar-refractivity contribution in [3.8, 4) is 0 Å². The van der Waals surface area contributed by atoms with Crippen LogP contribution in [0, 0.1) is 5.92 Å². The van der Waals surface area contributed by atoms with Crippen LogP contribution >= 0.6 is 0 Å². The molecule has 0 aliphatic rings. The highest BCUT2D eigenvalue weighted by Crippen LogP contribution is 2.17. The molecule has 0 bridgehead atoms. The Morgan fingerprint density at radius 3 is 2.09 bits per heavy atom. The molecule has 0 rings (SSSR count). The van der Waals surface area contributed by atoms with E-state index >= 15 is 0 Å². The summed E-state index contributed by atoms with van der Waals surface area (Å²) in [5.74, 6) is 0.571. The van der Waals surface area contributed by atoms with Gasteiger partial charge in [0.25, 0.3) is 0 Å². The zero-order chi connectivity index (χ0) is 8.69. The molecular weight excluding hydrogens is 139 g/mol. The molecule has 2 atom stereocenters. The van der Waals surface area contributed by atoms with Crippen molar-refractivity contribution in [2.45, 2.75) is 59.0 Å². The summed E-state index contributed by atoms with van der Waals surface area (Å²) in [5, 5.41) is 0. The van der Waals surface area contributed by atoms with Crippen molar-refractivity contribution >= 4 is 0 Å². The maximum atomic E-state index is 13.0. The zero-order valence-electron chi connectivity index (χ0n) is 8.07. The summed E-state index contributed by atoms with van der Waals surface area (Å²) >= 11 is 0. The fourth-order valence-corrected chi connectivity index (χ4v) is 1.48. The first kappa shape index (κ1) is 10.9. The van der Waals surface area contributed by atoms with E-state index < -0.39 is 6.17 Å². The van der Waals surface area contributed by atoms with E-state index in [1.165, 1.54) is 12.8 Å². The summed E-state index contributed by atoms with van der Waals surface area (Å²) in [6.45, 7) is 6.34. The topological polar surface area (TPSA) is 0 Å². The van der Waals surface area contributed by atoms with Crippen molar-refractivity contribution < 1.29 is 4.39 Å². The maximum absolute atomic E-state index is 13.0. The van der Waals surface area contributed by atoms with Gasteiger partial charge in [0.15, 0.2) is 0 Å². The standard InChI is InChI=1S/C10H21F/c1-4-6-9(3)8-10(11)7-5-2/h9-10H,4-8H2,1-3H3. The second-order valence-corrected chi connectivity index (χ2v) is 3.52. The molecule has 0 N–H and O–H groups in total. The third-order valence-corrected chi connectivity index (χ3v) is 2.04. The van der Waals surface area contributed by atoms with Crippen LogP contribution in [0.15, 0.2) is 0 Å². The van der Waals surface area contributed by atoms with E-state index in [1.54, 1.807) is 0 Å². The Bertz CT molecular complexity index is 70.9. The number of alkyl halides is 1. The van der Waals surface area contributed by atoms with E-state index in [9.17, 15) is 4.39 Å². The lowest BCUT2D eigenvalue weighted by atomic mass is 9.97. The molecule has 0 spiro atoms. The van der Waals surface area contributed by atoms with Crippen LogP contribution in [-0.2, 0) is 0 Å². The quantitative estimate of drug-likeness (QED) is 0.552. The molecule has 68 valence electrons. The molecule has 0 fully saturated rings. The number of hydrogen-bond acceptors (Lipinski definition) is 0. The summed E-state index contributed by atoms with van der Waals surface area (Å²) < 4.78 is 13.0. The molecule has 0 aromatic carbocycles. The average Bonchev–Trinajstić information content (AvgIpc) is 1.87. The van der Waals surface area contributed by atoms with Gasteiger partial charge in [-0.2, -0.15) is 0 Å². The molecule has 0 nitrogen and oxygen atoms in total. The van der Waals surface area contributed by atoms with Crippen LogP contribution in [-0.4, -0.2) is 6.17 Å². The number of halogens is 1. The van der Waals surface area contributed by atoms with Gasteiger partial charge in [-0.3, -0.25) is 0 Å². The molecule has 0 saturated carbocycles. The highest BCUT2D eigenvalue weighted by molar-refractivity contribution is 4.60. The lowest BCUT2D eigenvalue weighted by molar-refractivity contribution is 0.252. The highest BCUT2D eigenvalue weighted by Gasteiger charge is 2.09. The molecule has 0 aromatic rings. The van der Waals surface area contributed by atoms with Crippen molar-refractivity contribution in [1.29, 1.82) is 0 Å². The van der Waals surface area contributed by atoms with E-state index in [-0.39, 0.29) is 0 Å². The molecule has 0 aliphatic heterocycles. The van der Waals surface area contributed by atoms with E-state index in [4.69, 9.17) is 0 Å². The van der Waals surface area contributed by atoms with Crippen LogP contribution < -0.4 is 0 Å². The first-order valence-corrected chi connectivity index (χ1v) is 4.84. The molecule has 11 heavy (non-hydrogen) atoms. The summed E-state index contributed by atoms with van der Waals surface area (Å²) in [7, 11) is 0. The first-order chi connectivity index (χ1) is 5.20. The minimum absolute atomic E-state index is 0.554. The monoisotopic (exact) mass is 160 g/mol. The second-order valence-electron chi connectivity index (χ2n) is 3.52. The van der Waals surface area contributed by atoms with Gasteiger partial charge in [0, 0.05) is 0 Å². The average molecular weight is 160 g/mol. The van der Waals surface area contributed by atoms with Crippen molar-refractivity contribution in [3.05, 3.63) is 0 Å². The van der Waals surface area contributed by atoms with E-state index in [0.29, 0.717) is 5.92 Å². The lowest BCUT2D eigenvalue weighted by Crippen LogP contribution is -2.06. The van der Waals surface area contributed by atoms with Crippen LogP contribution in [0.5, 0.6) is 0 Å². The van der Waals surface area contributed by atoms with Gasteiger partial charge in [0.2, 0.25) is 0 Å². The summed E-state index contributed by atoms with van der Waals surface area (Å²) in [6.07, 6.45) is 4.28. The minimum atomic E-state index is -0.554. The highest BCUT2D eigenvalue weighted by atomic mass is 19.1. The fraction of sp³-hybridized carbons (Fsp3) is 1.00. The van der Waals surface area contributed by atoms with Crippen LogP contribution in [0.2, 0.25) is 0 Å². The van der Waals surface area contributed by atoms with Crippen LogP contribution in [0.25, 0.3) is 0 Å². The predicted octanol–water partition coefficient (Wildman–Crippen LogP) is 3.95. The van der Waals surface area contributed by atoms with Gasteiger partial charge in [0.05, 0.1) is 0 Å². The maximum Gasteiger partial charge on any atom is 0.100 e. The zero-order valence-corrected chi connectivity index (χ0v) is 8.07. The van der Waals surface area contributed by atoms with Crippen molar-refractivity contribution in [2.75, 3.05) is 0 Å². The van der Waals surface area contributed by atoms with Gasteiger partial charge in [-0.25, -0.2) is 4.39 Å². The Morgan fingerprint density at radius 1 is 1.09 bits per heavy atom. The van der Waals surface area contributed by atoms with Crippen molar-refractivity contribution in [1.82, 2.24) is 0 Å². The molecule has 0 saturated heterocycles. The largest absolute Gasteiger partial charge is 0.247 e. The lowest BCUT2D eigenvalue weighted by Gasteiger charge is -2.12. The van der Waals surface area contributed by atoms with Crippen LogP contribution in [0.3, 0.4) is 0 Å². The summed E-state index contributed by atoms with van der Waals surface area (Å²) in [5.41, 5.74) is 0. The minimum Gasteiger partial charge on any atom is -0.247 e. The first-order valence-electron chi connectivity index (χ1n) is 4.84. The van der Waals surface area contributed by atoms with Gasteiger partial charge in [0.1, 0.15) is 6.17 Å². The Balaban J connectivity index is 3.32. The molecule has 0 aliphatic carbocycles. The fourth-order valence-electron chi connectivity index (χ4n) is 1.48. The summed E-state index contributed by atoms with van der Waals surface area (Å²) in [6, 6.07) is 0. The van der Waals surface area contributed by atoms with Gasteiger partial charge in [-0.1, -0.05) is 40.0 Å². The van der Waals surface area contributed by atoms with Gasteiger partial charge >= 0.3 is 0 Å². The SMILES string of the molecule is CCCC(C)CC(F)CCC. The number of rotatable bonds is 6. The molecular formula is C10H21F. The van der Waals surface area contributed by atoms with Crippen LogP contribution in [0.1, 0.15) is 52.9 Å². The van der Waals surface area contributed by atoms with Crippen molar-refractivity contribution in [2.24, 2.45) is 5.92 Å². The van der Waals surface area contributed by atoms with E-state index in [0.717, 1.165) is 19.3 Å². The number of hydrogen-bond donors (Lipinski definition) is 0. The molecule has 0 amide bonds. The molecule has 0 aromatic heterocycles. The van der Waals surface area contributed by atoms with E-state index in [1.807, 2.05) is 6.92 Å². The van der Waals surface area contributed by atoms with E-state index in [2.05, 4.69) is 13.8 Å². The molecule has 1 heteroatoms. The van der Waals surface area contributed by atoms with Crippen LogP contribution in [0.4, 0.5) is 4.39 Å². The van der Waals surface area contributed by atoms with Gasteiger partial charge < -0.3 is 0 Å². The summed E-state index contributed by atoms with van der Waals surface area (Å²) in [4.78, 5) is 0. The van der Waals surface area contributed by atoms with Gasteiger partial charge in [-0.15, -0.1) is 0 Å². The smallest absolute Gasteiger partial charge is 0.100 e. The molecule has 0 radical (unpaired) electrons. The normalized spacial score (nSPS) is 16.4. The third kappa shape index (κ3) is 6.33. The Hall–Kier alpha value is -0.0700. The Kier molecular flexibility index (Phi) is 6.59. The predicted molar refractivity (Wildman–Crippen MR) is 48.5 cm³/mol. The third-order valence-electron chi connectivity index (χ3n) is 2.04. The Labute approximate surface area is 70.2 Å².